The summed E-state index contributed by atoms with van der Waals surface area (Å²) in [5.74, 6) is 0. The van der Waals surface area contributed by atoms with Gasteiger partial charge in [0.1, 0.15) is 12.1 Å². The normalized spacial score (nSPS) is 11.1. The van der Waals surface area contributed by atoms with E-state index < -0.39 is 0 Å². The minimum absolute atomic E-state index is 0.457. The molecule has 0 aliphatic heterocycles. The number of para-hydroxylation sites is 8. The largest absolute Gasteiger partial charge is 0.310 e. The molecule has 0 N–H and O–H groups in total. The second-order valence-electron chi connectivity index (χ2n) is 25.5. The summed E-state index contributed by atoms with van der Waals surface area (Å²) in [5.41, 5.74) is 19.2. The maximum absolute atomic E-state index is 12.5. The molecule has 102 heavy (non-hydrogen) atoms. The third-order valence-electron chi connectivity index (χ3n) is 19.3. The number of benzene rings is 17. The minimum atomic E-state index is 0.457. The molecule has 0 bridgehead atoms. The van der Waals surface area contributed by atoms with Gasteiger partial charge in [0.2, 0.25) is 0 Å². The smallest absolute Gasteiger partial charge is 0.100 e. The zero-order valence-corrected chi connectivity index (χ0v) is 55.6. The van der Waals surface area contributed by atoms with Gasteiger partial charge >= 0.3 is 0 Å². The maximum atomic E-state index is 12.5. The Labute approximate surface area is 593 Å². The number of anilines is 12. The third kappa shape index (κ3) is 11.7. The van der Waals surface area contributed by atoms with Crippen LogP contribution in [0.2, 0.25) is 0 Å². The van der Waals surface area contributed by atoms with Gasteiger partial charge in [0.25, 0.3) is 0 Å². The molecular formula is C96H64N6. The van der Waals surface area contributed by atoms with E-state index in [1.54, 1.807) is 0 Å². The van der Waals surface area contributed by atoms with Gasteiger partial charge in [0.15, 0.2) is 0 Å². The van der Waals surface area contributed by atoms with E-state index >= 15 is 0 Å². The first-order valence-corrected chi connectivity index (χ1v) is 34.3. The van der Waals surface area contributed by atoms with Crippen molar-refractivity contribution in [2.45, 2.75) is 0 Å². The van der Waals surface area contributed by atoms with Crippen LogP contribution in [0.3, 0.4) is 0 Å². The first kappa shape index (κ1) is 61.5. The first-order chi connectivity index (χ1) is 50.5. The van der Waals surface area contributed by atoms with E-state index in [9.17, 15) is 10.5 Å². The van der Waals surface area contributed by atoms with Gasteiger partial charge in [-0.15, -0.1) is 0 Å². The van der Waals surface area contributed by atoms with Crippen LogP contribution in [0.25, 0.3) is 87.6 Å². The van der Waals surface area contributed by atoms with Crippen molar-refractivity contribution in [3.05, 3.63) is 399 Å². The molecule has 478 valence electrons. The Hall–Kier alpha value is -14.0. The molecule has 0 saturated heterocycles. The summed E-state index contributed by atoms with van der Waals surface area (Å²) in [5, 5.41) is 33.1. The van der Waals surface area contributed by atoms with Crippen LogP contribution in [0.5, 0.6) is 0 Å². The highest BCUT2D eigenvalue weighted by atomic mass is 15.2. The Morgan fingerprint density at radius 1 is 0.157 bits per heavy atom. The van der Waals surface area contributed by atoms with Crippen molar-refractivity contribution in [1.29, 1.82) is 10.5 Å². The summed E-state index contributed by atoms with van der Waals surface area (Å²) >= 11 is 0. The molecule has 0 atom stereocenters. The van der Waals surface area contributed by atoms with Crippen molar-refractivity contribution in [3.63, 3.8) is 0 Å². The highest BCUT2D eigenvalue weighted by molar-refractivity contribution is 6.09. The van der Waals surface area contributed by atoms with Gasteiger partial charge in [-0.3, -0.25) is 0 Å². The van der Waals surface area contributed by atoms with Crippen molar-refractivity contribution in [2.75, 3.05) is 19.6 Å². The molecule has 0 saturated carbocycles. The molecule has 0 radical (unpaired) electrons. The van der Waals surface area contributed by atoms with Gasteiger partial charge in [-0.25, -0.2) is 0 Å². The van der Waals surface area contributed by atoms with E-state index in [-0.39, 0.29) is 0 Å². The van der Waals surface area contributed by atoms with Crippen LogP contribution in [0.15, 0.2) is 388 Å². The van der Waals surface area contributed by atoms with E-state index in [2.05, 4.69) is 371 Å². The van der Waals surface area contributed by atoms with Crippen molar-refractivity contribution in [3.8, 4) is 56.6 Å². The Balaban J connectivity index is 0.899. The molecule has 0 fully saturated rings. The zero-order chi connectivity index (χ0) is 68.3. The van der Waals surface area contributed by atoms with Crippen molar-refractivity contribution in [1.82, 2.24) is 0 Å². The van der Waals surface area contributed by atoms with Gasteiger partial charge in [-0.1, -0.05) is 218 Å². The quantitative estimate of drug-likeness (QED) is 0.0961. The summed E-state index contributed by atoms with van der Waals surface area (Å²) in [7, 11) is 0. The summed E-state index contributed by atoms with van der Waals surface area (Å²) in [6.45, 7) is 0. The highest BCUT2D eigenvalue weighted by Gasteiger charge is 2.30. The lowest BCUT2D eigenvalue weighted by Gasteiger charge is -2.26. The second-order valence-corrected chi connectivity index (χ2v) is 25.5. The van der Waals surface area contributed by atoms with Crippen molar-refractivity contribution in [2.24, 2.45) is 0 Å². The minimum Gasteiger partial charge on any atom is -0.310 e. The number of rotatable bonds is 16. The summed E-state index contributed by atoms with van der Waals surface area (Å²) < 4.78 is 0. The van der Waals surface area contributed by atoms with Gasteiger partial charge < -0.3 is 19.6 Å². The van der Waals surface area contributed by atoms with Crippen LogP contribution in [0.4, 0.5) is 68.2 Å². The molecule has 0 aliphatic rings. The number of nitrogens with zero attached hydrogens (tertiary/aromatic N) is 6. The molecule has 0 spiro atoms. The molecule has 0 aromatic heterocycles. The standard InChI is InChI=1S/C96H64N6/c97-65-91-93(75-45-41-71-61-87(53-49-67(71)57-75)99(79-25-9-1-10-26-79)80-27-11-2-12-28-80)94(76-46-42-72-62-88(54-50-68(72)58-76)100(81-29-13-3-14-30-81)82-31-15-4-16-32-82)92(66-98)96(78-48-44-74-64-90(56-52-70(74)60-78)102(85-37-21-7-22-38-85)86-39-23-8-24-40-86)95(91)77-47-43-73-63-89(55-51-69(73)59-77)101(83-33-17-5-18-34-83)84-35-19-6-20-36-84/h1-64H. The Kier molecular flexibility index (Phi) is 16.4. The van der Waals surface area contributed by atoms with Crippen LogP contribution >= 0.6 is 0 Å². The SMILES string of the molecule is N#Cc1c(-c2ccc3cc(N(c4ccccc4)c4ccccc4)ccc3c2)c(-c2ccc3cc(N(c4ccccc4)c4ccccc4)ccc3c2)c(C#N)c(-c2ccc3cc(N(c4ccccc4)c4ccccc4)ccc3c2)c1-c1ccc2cc(N(c3ccccc3)c3ccccc3)ccc2c1. The summed E-state index contributed by atoms with van der Waals surface area (Å²) in [4.78, 5) is 9.09. The molecular weight excluding hydrogens is 1240 g/mol. The van der Waals surface area contributed by atoms with E-state index in [4.69, 9.17) is 0 Å². The van der Waals surface area contributed by atoms with Crippen LogP contribution < -0.4 is 19.6 Å². The zero-order valence-electron chi connectivity index (χ0n) is 55.6. The molecule has 0 amide bonds. The molecule has 0 heterocycles. The molecule has 0 aliphatic carbocycles. The summed E-state index contributed by atoms with van der Waals surface area (Å²) in [6.07, 6.45) is 0. The van der Waals surface area contributed by atoms with Crippen molar-refractivity contribution < 1.29 is 0 Å². The number of nitriles is 2. The third-order valence-corrected chi connectivity index (χ3v) is 19.3. The molecule has 6 heteroatoms. The van der Waals surface area contributed by atoms with Crippen LogP contribution in [0.1, 0.15) is 11.1 Å². The maximum Gasteiger partial charge on any atom is 0.100 e. The average Bonchev–Trinajstić information content (AvgIpc) is 0.721. The van der Waals surface area contributed by atoms with E-state index in [0.29, 0.717) is 33.4 Å². The topological polar surface area (TPSA) is 60.5 Å². The first-order valence-electron chi connectivity index (χ1n) is 34.3. The number of hydrogen-bond donors (Lipinski definition) is 0. The molecule has 17 aromatic rings. The Morgan fingerprint density at radius 2 is 0.314 bits per heavy atom. The van der Waals surface area contributed by atoms with E-state index in [1.807, 2.05) is 48.5 Å². The highest BCUT2D eigenvalue weighted by Crippen LogP contribution is 2.52. The molecule has 17 rings (SSSR count). The molecule has 17 aromatic carbocycles. The fraction of sp³-hybridized carbons (Fsp3) is 0. The predicted octanol–water partition coefficient (Wildman–Crippen LogP) is 26.6. The fourth-order valence-electron chi connectivity index (χ4n) is 14.6. The Bertz CT molecular complexity index is 5130. The Morgan fingerprint density at radius 3 is 0.480 bits per heavy atom. The van der Waals surface area contributed by atoms with Crippen LogP contribution in [0, 0.1) is 22.7 Å². The average molecular weight is 1300 g/mol. The van der Waals surface area contributed by atoms with Crippen LogP contribution in [-0.2, 0) is 0 Å². The lowest BCUT2D eigenvalue weighted by Crippen LogP contribution is -2.09. The van der Waals surface area contributed by atoms with Gasteiger partial charge in [-0.05, 0) is 235 Å². The molecule has 6 nitrogen and oxygen atoms in total. The van der Waals surface area contributed by atoms with Gasteiger partial charge in [-0.2, -0.15) is 10.5 Å². The van der Waals surface area contributed by atoms with E-state index in [1.165, 1.54) is 0 Å². The predicted molar refractivity (Wildman–Crippen MR) is 426 cm³/mol. The monoisotopic (exact) mass is 1300 g/mol. The lowest BCUT2D eigenvalue weighted by atomic mass is 9.77. The number of hydrogen-bond acceptors (Lipinski definition) is 6. The summed E-state index contributed by atoms with van der Waals surface area (Å²) in [6, 6.07) is 142. The van der Waals surface area contributed by atoms with Crippen LogP contribution in [-0.4, -0.2) is 0 Å². The van der Waals surface area contributed by atoms with E-state index in [0.717, 1.165) is 134 Å². The number of fused-ring (bicyclic) bond motifs is 4. The molecule has 0 unspecified atom stereocenters. The van der Waals surface area contributed by atoms with Crippen molar-refractivity contribution >= 4 is 111 Å². The fourth-order valence-corrected chi connectivity index (χ4v) is 14.6. The lowest BCUT2D eigenvalue weighted by molar-refractivity contribution is 1.29. The van der Waals surface area contributed by atoms with Gasteiger partial charge in [0, 0.05) is 90.5 Å². The van der Waals surface area contributed by atoms with Gasteiger partial charge in [0.05, 0.1) is 11.1 Å². The second kappa shape index (κ2) is 27.1.